The number of hydrogen-bond donors (Lipinski definition) is 1. The summed E-state index contributed by atoms with van der Waals surface area (Å²) in [5.41, 5.74) is 0. The summed E-state index contributed by atoms with van der Waals surface area (Å²) in [4.78, 5) is 6.26. The highest BCUT2D eigenvalue weighted by atomic mass is 19.1. The van der Waals surface area contributed by atoms with Gasteiger partial charge in [-0.05, 0) is 30.9 Å². The molecule has 1 aromatic carbocycles. The maximum Gasteiger partial charge on any atom is 0.193 e. The second-order valence-electron chi connectivity index (χ2n) is 5.72. The number of hydrogen-bond acceptors (Lipinski definition) is 3. The van der Waals surface area contributed by atoms with E-state index in [2.05, 4.69) is 10.3 Å². The lowest BCUT2D eigenvalue weighted by Gasteiger charge is -2.22. The van der Waals surface area contributed by atoms with Crippen LogP contribution in [0.15, 0.2) is 29.3 Å². The predicted octanol–water partition coefficient (Wildman–Crippen LogP) is 2.14. The summed E-state index contributed by atoms with van der Waals surface area (Å²) < 4.78 is 24.2. The Morgan fingerprint density at radius 3 is 2.91 bits per heavy atom. The summed E-state index contributed by atoms with van der Waals surface area (Å²) in [7, 11) is 3.72. The minimum Gasteiger partial charge on any atom is -0.492 e. The van der Waals surface area contributed by atoms with Crippen molar-refractivity contribution in [3.8, 4) is 5.75 Å². The maximum absolute atomic E-state index is 13.0. The van der Waals surface area contributed by atoms with E-state index in [-0.39, 0.29) is 5.82 Å². The molecule has 23 heavy (non-hydrogen) atoms. The van der Waals surface area contributed by atoms with Crippen LogP contribution in [0, 0.1) is 11.7 Å². The largest absolute Gasteiger partial charge is 0.492 e. The molecule has 0 bridgehead atoms. The van der Waals surface area contributed by atoms with Gasteiger partial charge in [0.1, 0.15) is 18.2 Å². The molecule has 1 fully saturated rings. The molecule has 0 aliphatic heterocycles. The van der Waals surface area contributed by atoms with Crippen molar-refractivity contribution < 1.29 is 13.9 Å². The third-order valence-corrected chi connectivity index (χ3v) is 3.64. The fourth-order valence-electron chi connectivity index (χ4n) is 2.12. The second-order valence-corrected chi connectivity index (χ2v) is 5.72. The number of guanidine groups is 1. The summed E-state index contributed by atoms with van der Waals surface area (Å²) in [5.74, 6) is 1.82. The van der Waals surface area contributed by atoms with E-state index in [1.54, 1.807) is 19.2 Å². The van der Waals surface area contributed by atoms with Crippen LogP contribution in [0.1, 0.15) is 12.8 Å². The van der Waals surface area contributed by atoms with Crippen LogP contribution >= 0.6 is 0 Å². The Morgan fingerprint density at radius 2 is 2.22 bits per heavy atom. The first-order valence-electron chi connectivity index (χ1n) is 8.07. The Morgan fingerprint density at radius 1 is 1.39 bits per heavy atom. The van der Waals surface area contributed by atoms with Gasteiger partial charge in [-0.25, -0.2) is 4.39 Å². The highest BCUT2D eigenvalue weighted by Crippen LogP contribution is 2.28. The normalized spacial score (nSPS) is 14.7. The first-order valence-corrected chi connectivity index (χ1v) is 8.07. The van der Waals surface area contributed by atoms with Crippen LogP contribution in [0.4, 0.5) is 4.39 Å². The van der Waals surface area contributed by atoms with Crippen LogP contribution in [-0.4, -0.2) is 57.9 Å². The van der Waals surface area contributed by atoms with Crippen molar-refractivity contribution in [2.24, 2.45) is 10.9 Å². The predicted molar refractivity (Wildman–Crippen MR) is 89.4 cm³/mol. The molecule has 0 spiro atoms. The van der Waals surface area contributed by atoms with Crippen LogP contribution in [0.3, 0.4) is 0 Å². The molecule has 0 atom stereocenters. The summed E-state index contributed by atoms with van der Waals surface area (Å²) in [6, 6.07) is 6.14. The molecule has 1 aliphatic carbocycles. The van der Waals surface area contributed by atoms with E-state index in [4.69, 9.17) is 9.47 Å². The molecular formula is C17H26FN3O2. The van der Waals surface area contributed by atoms with Crippen LogP contribution in [0.2, 0.25) is 0 Å². The van der Waals surface area contributed by atoms with Crippen molar-refractivity contribution in [1.29, 1.82) is 0 Å². The topological polar surface area (TPSA) is 46.1 Å². The zero-order chi connectivity index (χ0) is 16.5. The quantitative estimate of drug-likeness (QED) is 0.430. The average molecular weight is 323 g/mol. The minimum absolute atomic E-state index is 0.294. The van der Waals surface area contributed by atoms with E-state index in [1.165, 1.54) is 25.0 Å². The third kappa shape index (κ3) is 6.86. The molecule has 0 radical (unpaired) electrons. The molecule has 128 valence electrons. The lowest BCUT2D eigenvalue weighted by atomic mass is 10.3. The number of nitrogens with zero attached hydrogens (tertiary/aromatic N) is 2. The number of ether oxygens (including phenoxy) is 2. The molecule has 0 heterocycles. The Labute approximate surface area is 137 Å². The lowest BCUT2D eigenvalue weighted by molar-refractivity contribution is 0.115. The number of aliphatic imine (C=N–C) groups is 1. The second kappa shape index (κ2) is 9.35. The van der Waals surface area contributed by atoms with E-state index in [9.17, 15) is 4.39 Å². The maximum atomic E-state index is 13.0. The van der Waals surface area contributed by atoms with E-state index >= 15 is 0 Å². The molecule has 5 nitrogen and oxygen atoms in total. The summed E-state index contributed by atoms with van der Waals surface area (Å²) in [6.45, 7) is 3.40. The molecule has 0 amide bonds. The van der Waals surface area contributed by atoms with Gasteiger partial charge in [0.05, 0.1) is 13.2 Å². The van der Waals surface area contributed by atoms with E-state index < -0.39 is 0 Å². The highest BCUT2D eigenvalue weighted by molar-refractivity contribution is 5.79. The first-order chi connectivity index (χ1) is 11.2. The molecule has 0 aromatic heterocycles. The van der Waals surface area contributed by atoms with Crippen molar-refractivity contribution in [2.75, 3.05) is 47.0 Å². The standard InChI is InChI=1S/C17H26FN3O2/c1-19-17(21(2)9-11-22-13-14-6-7-14)20-8-10-23-16-5-3-4-15(18)12-16/h3-5,12,14H,6-11,13H2,1-2H3,(H,19,20). The highest BCUT2D eigenvalue weighted by Gasteiger charge is 2.21. The van der Waals surface area contributed by atoms with Gasteiger partial charge in [-0.15, -0.1) is 0 Å². The smallest absolute Gasteiger partial charge is 0.193 e. The third-order valence-electron chi connectivity index (χ3n) is 3.64. The van der Waals surface area contributed by atoms with E-state index in [1.807, 2.05) is 11.9 Å². The fourth-order valence-corrected chi connectivity index (χ4v) is 2.12. The summed E-state index contributed by atoms with van der Waals surface area (Å²) >= 11 is 0. The molecule has 0 unspecified atom stereocenters. The first kappa shape index (κ1) is 17.5. The van der Waals surface area contributed by atoms with E-state index in [0.29, 0.717) is 25.5 Å². The van der Waals surface area contributed by atoms with Gasteiger partial charge in [0.15, 0.2) is 5.96 Å². The van der Waals surface area contributed by atoms with Gasteiger partial charge in [-0.3, -0.25) is 4.99 Å². The lowest BCUT2D eigenvalue weighted by Crippen LogP contribution is -2.42. The number of halogens is 1. The molecule has 0 saturated heterocycles. The van der Waals surface area contributed by atoms with Gasteiger partial charge < -0.3 is 19.7 Å². The number of likely N-dealkylation sites (N-methyl/N-ethyl adjacent to an activating group) is 1. The Hall–Kier alpha value is -1.82. The zero-order valence-electron chi connectivity index (χ0n) is 13.9. The van der Waals surface area contributed by atoms with Crippen molar-refractivity contribution in [3.05, 3.63) is 30.1 Å². The van der Waals surface area contributed by atoms with Gasteiger partial charge in [-0.2, -0.15) is 0 Å². The van der Waals surface area contributed by atoms with Crippen LogP contribution in [0.25, 0.3) is 0 Å². The fraction of sp³-hybridized carbons (Fsp3) is 0.588. The number of nitrogens with one attached hydrogen (secondary N) is 1. The zero-order valence-corrected chi connectivity index (χ0v) is 13.9. The molecule has 2 rings (SSSR count). The summed E-state index contributed by atoms with van der Waals surface area (Å²) in [5, 5.41) is 3.22. The SMILES string of the molecule is CN=C(NCCOc1cccc(F)c1)N(C)CCOCC1CC1. The average Bonchev–Trinajstić information content (AvgIpc) is 3.36. The van der Waals surface area contributed by atoms with Gasteiger partial charge >= 0.3 is 0 Å². The molecule has 1 aromatic rings. The Bertz CT molecular complexity index is 506. The van der Waals surface area contributed by atoms with E-state index in [0.717, 1.165) is 25.0 Å². The van der Waals surface area contributed by atoms with Gasteiger partial charge in [0.25, 0.3) is 0 Å². The van der Waals surface area contributed by atoms with Crippen LogP contribution in [-0.2, 0) is 4.74 Å². The van der Waals surface area contributed by atoms with Gasteiger partial charge in [-0.1, -0.05) is 6.07 Å². The number of benzene rings is 1. The molecule has 1 aliphatic rings. The van der Waals surface area contributed by atoms with Crippen molar-refractivity contribution >= 4 is 5.96 Å². The van der Waals surface area contributed by atoms with Gasteiger partial charge in [0.2, 0.25) is 0 Å². The molecular weight excluding hydrogens is 297 g/mol. The van der Waals surface area contributed by atoms with Crippen molar-refractivity contribution in [3.63, 3.8) is 0 Å². The minimum atomic E-state index is -0.294. The summed E-state index contributed by atoms with van der Waals surface area (Å²) in [6.07, 6.45) is 2.62. The van der Waals surface area contributed by atoms with Gasteiger partial charge in [0, 0.05) is 33.3 Å². The van der Waals surface area contributed by atoms with Crippen LogP contribution in [0.5, 0.6) is 5.75 Å². The number of rotatable bonds is 9. The molecule has 1 N–H and O–H groups in total. The van der Waals surface area contributed by atoms with Crippen LogP contribution < -0.4 is 10.1 Å². The Balaban J connectivity index is 1.59. The monoisotopic (exact) mass is 323 g/mol. The molecule has 1 saturated carbocycles. The van der Waals surface area contributed by atoms with Crippen molar-refractivity contribution in [1.82, 2.24) is 10.2 Å². The molecule has 6 heteroatoms. The Kier molecular flexibility index (Phi) is 7.13. The van der Waals surface area contributed by atoms with Crippen molar-refractivity contribution in [2.45, 2.75) is 12.8 Å².